The number of nitrogens with zero attached hydrogens (tertiary/aromatic N) is 1. The topological polar surface area (TPSA) is 49.4 Å². The zero-order chi connectivity index (χ0) is 13.1. The van der Waals surface area contributed by atoms with Gasteiger partial charge in [-0.3, -0.25) is 9.59 Å². The first-order valence-electron chi connectivity index (χ1n) is 7.21. The Morgan fingerprint density at radius 1 is 1.39 bits per heavy atom. The average molecular weight is 252 g/mol. The van der Waals surface area contributed by atoms with Crippen LogP contribution in [-0.4, -0.2) is 35.3 Å². The van der Waals surface area contributed by atoms with Gasteiger partial charge in [0.1, 0.15) is 6.04 Å². The molecule has 2 rings (SSSR count). The fraction of sp³-hybridized carbons (Fsp3) is 0.857. The van der Waals surface area contributed by atoms with Gasteiger partial charge in [0, 0.05) is 19.0 Å². The van der Waals surface area contributed by atoms with E-state index in [0.29, 0.717) is 13.0 Å². The van der Waals surface area contributed by atoms with Gasteiger partial charge >= 0.3 is 0 Å². The first kappa shape index (κ1) is 13.4. The molecule has 2 amide bonds. The molecule has 0 aromatic rings. The lowest BCUT2D eigenvalue weighted by Gasteiger charge is -2.30. The van der Waals surface area contributed by atoms with Crippen molar-refractivity contribution in [1.82, 2.24) is 10.2 Å². The summed E-state index contributed by atoms with van der Waals surface area (Å²) in [6.07, 6.45) is 5.82. The highest BCUT2D eigenvalue weighted by Crippen LogP contribution is 2.34. The van der Waals surface area contributed by atoms with Crippen LogP contribution in [0.2, 0.25) is 0 Å². The summed E-state index contributed by atoms with van der Waals surface area (Å²) in [5.41, 5.74) is 0. The average Bonchev–Trinajstić information content (AvgIpc) is 3.12. The molecule has 0 spiro atoms. The van der Waals surface area contributed by atoms with Gasteiger partial charge in [-0.15, -0.1) is 0 Å². The van der Waals surface area contributed by atoms with E-state index in [1.165, 1.54) is 12.8 Å². The SMILES string of the molecule is CCCC1NC(=O)CCN(C(C)CC2CC2)C1=O. The van der Waals surface area contributed by atoms with E-state index in [9.17, 15) is 9.59 Å². The lowest BCUT2D eigenvalue weighted by atomic mass is 10.1. The molecule has 2 unspecified atom stereocenters. The Morgan fingerprint density at radius 3 is 2.72 bits per heavy atom. The molecule has 2 aliphatic rings. The molecule has 1 saturated carbocycles. The van der Waals surface area contributed by atoms with Crippen LogP contribution in [0.4, 0.5) is 0 Å². The van der Waals surface area contributed by atoms with Crippen LogP contribution in [0.5, 0.6) is 0 Å². The Kier molecular flexibility index (Phi) is 4.25. The predicted molar refractivity (Wildman–Crippen MR) is 70.0 cm³/mol. The lowest BCUT2D eigenvalue weighted by Crippen LogP contribution is -2.47. The Labute approximate surface area is 109 Å². The molecule has 1 saturated heterocycles. The van der Waals surface area contributed by atoms with Crippen molar-refractivity contribution in [3.8, 4) is 0 Å². The van der Waals surface area contributed by atoms with Gasteiger partial charge in [0.05, 0.1) is 0 Å². The van der Waals surface area contributed by atoms with Crippen molar-refractivity contribution >= 4 is 11.8 Å². The molecule has 2 atom stereocenters. The largest absolute Gasteiger partial charge is 0.344 e. The monoisotopic (exact) mass is 252 g/mol. The molecule has 1 aliphatic carbocycles. The third-order valence-electron chi connectivity index (χ3n) is 3.98. The van der Waals surface area contributed by atoms with Crippen LogP contribution in [0.25, 0.3) is 0 Å². The quantitative estimate of drug-likeness (QED) is 0.809. The van der Waals surface area contributed by atoms with Crippen LogP contribution >= 0.6 is 0 Å². The molecular formula is C14H24N2O2. The Hall–Kier alpha value is -1.06. The van der Waals surface area contributed by atoms with Gasteiger partial charge in [0.25, 0.3) is 0 Å². The van der Waals surface area contributed by atoms with Crippen molar-refractivity contribution in [1.29, 1.82) is 0 Å². The summed E-state index contributed by atoms with van der Waals surface area (Å²) in [6, 6.07) is -0.0243. The molecule has 18 heavy (non-hydrogen) atoms. The van der Waals surface area contributed by atoms with Crippen LogP contribution in [0.15, 0.2) is 0 Å². The third-order valence-corrected chi connectivity index (χ3v) is 3.98. The van der Waals surface area contributed by atoms with Gasteiger partial charge in [-0.1, -0.05) is 26.2 Å². The molecule has 1 N–H and O–H groups in total. The maximum absolute atomic E-state index is 12.4. The van der Waals surface area contributed by atoms with Gasteiger partial charge in [0.2, 0.25) is 11.8 Å². The minimum atomic E-state index is -0.299. The predicted octanol–water partition coefficient (Wildman–Crippen LogP) is 1.69. The highest BCUT2D eigenvalue weighted by Gasteiger charge is 2.34. The number of amides is 2. The van der Waals surface area contributed by atoms with Crippen molar-refractivity contribution in [2.75, 3.05) is 6.54 Å². The smallest absolute Gasteiger partial charge is 0.245 e. The van der Waals surface area contributed by atoms with E-state index in [4.69, 9.17) is 0 Å². The zero-order valence-electron chi connectivity index (χ0n) is 11.4. The second kappa shape index (κ2) is 5.72. The zero-order valence-corrected chi connectivity index (χ0v) is 11.4. The molecule has 4 heteroatoms. The van der Waals surface area contributed by atoms with Crippen LogP contribution in [-0.2, 0) is 9.59 Å². The second-order valence-corrected chi connectivity index (χ2v) is 5.72. The van der Waals surface area contributed by atoms with Crippen molar-refractivity contribution in [3.05, 3.63) is 0 Å². The summed E-state index contributed by atoms with van der Waals surface area (Å²) >= 11 is 0. The number of hydrogen-bond acceptors (Lipinski definition) is 2. The summed E-state index contributed by atoms with van der Waals surface area (Å²) in [6.45, 7) is 4.75. The second-order valence-electron chi connectivity index (χ2n) is 5.72. The van der Waals surface area contributed by atoms with Crippen LogP contribution in [0.3, 0.4) is 0 Å². The Balaban J connectivity index is 2.01. The highest BCUT2D eigenvalue weighted by molar-refractivity contribution is 5.90. The Morgan fingerprint density at radius 2 is 2.11 bits per heavy atom. The van der Waals surface area contributed by atoms with Gasteiger partial charge in [-0.2, -0.15) is 0 Å². The van der Waals surface area contributed by atoms with E-state index < -0.39 is 0 Å². The minimum absolute atomic E-state index is 0.0166. The van der Waals surface area contributed by atoms with Gasteiger partial charge in [-0.25, -0.2) is 0 Å². The first-order chi connectivity index (χ1) is 8.61. The van der Waals surface area contributed by atoms with E-state index in [0.717, 1.165) is 25.2 Å². The number of rotatable bonds is 5. The summed E-state index contributed by atoms with van der Waals surface area (Å²) in [5, 5.41) is 2.85. The van der Waals surface area contributed by atoms with Gasteiger partial charge in [0.15, 0.2) is 0 Å². The molecule has 1 aliphatic heterocycles. The number of nitrogens with one attached hydrogen (secondary N) is 1. The summed E-state index contributed by atoms with van der Waals surface area (Å²) < 4.78 is 0. The van der Waals surface area contributed by atoms with E-state index in [-0.39, 0.29) is 23.9 Å². The van der Waals surface area contributed by atoms with E-state index in [1.807, 2.05) is 11.8 Å². The van der Waals surface area contributed by atoms with Crippen LogP contribution in [0.1, 0.15) is 52.4 Å². The van der Waals surface area contributed by atoms with Crippen molar-refractivity contribution in [2.45, 2.75) is 64.5 Å². The molecule has 0 aromatic carbocycles. The normalized spacial score (nSPS) is 26.8. The van der Waals surface area contributed by atoms with E-state index in [1.54, 1.807) is 0 Å². The molecule has 0 radical (unpaired) electrons. The van der Waals surface area contributed by atoms with Gasteiger partial charge in [-0.05, 0) is 25.7 Å². The van der Waals surface area contributed by atoms with Crippen LogP contribution < -0.4 is 5.32 Å². The summed E-state index contributed by atoms with van der Waals surface area (Å²) in [4.78, 5) is 26.0. The van der Waals surface area contributed by atoms with Crippen molar-refractivity contribution in [2.24, 2.45) is 5.92 Å². The van der Waals surface area contributed by atoms with Crippen molar-refractivity contribution in [3.63, 3.8) is 0 Å². The third kappa shape index (κ3) is 3.24. The minimum Gasteiger partial charge on any atom is -0.344 e. The highest BCUT2D eigenvalue weighted by atomic mass is 16.2. The van der Waals surface area contributed by atoms with Crippen molar-refractivity contribution < 1.29 is 9.59 Å². The number of carbonyl (C=O) groups is 2. The Bertz CT molecular complexity index is 326. The number of hydrogen-bond donors (Lipinski definition) is 1. The van der Waals surface area contributed by atoms with Gasteiger partial charge < -0.3 is 10.2 Å². The maximum Gasteiger partial charge on any atom is 0.245 e. The molecule has 0 bridgehead atoms. The fourth-order valence-corrected chi connectivity index (χ4v) is 2.75. The fourth-order valence-electron chi connectivity index (χ4n) is 2.75. The van der Waals surface area contributed by atoms with E-state index in [2.05, 4.69) is 12.2 Å². The molecule has 4 nitrogen and oxygen atoms in total. The van der Waals surface area contributed by atoms with E-state index >= 15 is 0 Å². The lowest BCUT2D eigenvalue weighted by molar-refractivity contribution is -0.135. The first-order valence-corrected chi connectivity index (χ1v) is 7.21. The standard InChI is InChI=1S/C14H24N2O2/c1-3-4-12-14(18)16(8-7-13(17)15-12)10(2)9-11-5-6-11/h10-12H,3-9H2,1-2H3,(H,15,17). The number of carbonyl (C=O) groups excluding carboxylic acids is 2. The van der Waals surface area contributed by atoms with Crippen LogP contribution in [0, 0.1) is 5.92 Å². The molecule has 2 fully saturated rings. The maximum atomic E-state index is 12.4. The molecule has 0 aromatic heterocycles. The molecule has 102 valence electrons. The molecular weight excluding hydrogens is 228 g/mol. The molecule has 1 heterocycles. The summed E-state index contributed by atoms with van der Waals surface area (Å²) in [5.74, 6) is 0.947. The summed E-state index contributed by atoms with van der Waals surface area (Å²) in [7, 11) is 0.